The first-order chi connectivity index (χ1) is 9.47. The molecule has 0 radical (unpaired) electrons. The average molecular weight is 275 g/mol. The zero-order valence-electron chi connectivity index (χ0n) is 10.5. The molecule has 0 atom stereocenters. The summed E-state index contributed by atoms with van der Waals surface area (Å²) in [6, 6.07) is 9.05. The van der Waals surface area contributed by atoms with Crippen LogP contribution >= 0.6 is 0 Å². The van der Waals surface area contributed by atoms with Crippen LogP contribution in [0.5, 0.6) is 5.75 Å². The summed E-state index contributed by atoms with van der Waals surface area (Å²) in [7, 11) is 0. The third kappa shape index (κ3) is 2.97. The van der Waals surface area contributed by atoms with Gasteiger partial charge in [0.25, 0.3) is 5.69 Å². The highest BCUT2D eigenvalue weighted by molar-refractivity contribution is 5.91. The minimum absolute atomic E-state index is 0.0597. The predicted molar refractivity (Wildman–Crippen MR) is 69.2 cm³/mol. The molecule has 102 valence electrons. The number of nitro groups is 1. The molecule has 0 heterocycles. The van der Waals surface area contributed by atoms with Crippen LogP contribution in [0, 0.1) is 22.9 Å². The Morgan fingerprint density at radius 1 is 1.25 bits per heavy atom. The molecule has 5 nitrogen and oxygen atoms in total. The molecule has 0 saturated heterocycles. The molecule has 0 unspecified atom stereocenters. The number of nitro benzene ring substituents is 1. The number of hydrogen-bond acceptors (Lipinski definition) is 4. The summed E-state index contributed by atoms with van der Waals surface area (Å²) in [5.41, 5.74) is 0.385. The maximum absolute atomic E-state index is 13.0. The number of nitrogens with zero attached hydrogens (tertiary/aromatic N) is 1. The minimum atomic E-state index is -0.724. The minimum Gasteiger partial charge on any atom is -0.423 e. The van der Waals surface area contributed by atoms with Gasteiger partial charge >= 0.3 is 5.97 Å². The Bertz CT molecular complexity index is 685. The fraction of sp³-hybridized carbons (Fsp3) is 0.0714. The number of carbonyl (C=O) groups excluding carboxylic acids is 1. The van der Waals surface area contributed by atoms with Crippen LogP contribution in [0.1, 0.15) is 15.9 Å². The van der Waals surface area contributed by atoms with Gasteiger partial charge in [-0.1, -0.05) is 6.07 Å². The average Bonchev–Trinajstić information content (AvgIpc) is 2.38. The molecule has 0 aliphatic heterocycles. The summed E-state index contributed by atoms with van der Waals surface area (Å²) >= 11 is 0. The maximum Gasteiger partial charge on any atom is 0.343 e. The van der Waals surface area contributed by atoms with Crippen molar-refractivity contribution >= 4 is 11.7 Å². The molecule has 2 aromatic rings. The highest BCUT2D eigenvalue weighted by atomic mass is 19.1. The van der Waals surface area contributed by atoms with E-state index in [1.54, 1.807) is 0 Å². The van der Waals surface area contributed by atoms with Crippen molar-refractivity contribution in [3.05, 3.63) is 69.5 Å². The van der Waals surface area contributed by atoms with E-state index in [1.807, 2.05) is 0 Å². The first-order valence-corrected chi connectivity index (χ1v) is 5.70. The lowest BCUT2D eigenvalue weighted by atomic mass is 10.2. The number of aryl methyl sites for hydroxylation is 1. The molecule has 2 rings (SSSR count). The number of esters is 1. The Balaban J connectivity index is 2.20. The van der Waals surface area contributed by atoms with E-state index in [4.69, 9.17) is 4.74 Å². The third-order valence-corrected chi connectivity index (χ3v) is 2.64. The molecular weight excluding hydrogens is 265 g/mol. The maximum atomic E-state index is 13.0. The Morgan fingerprint density at radius 3 is 2.60 bits per heavy atom. The number of hydrogen-bond donors (Lipinski definition) is 0. The quantitative estimate of drug-likeness (QED) is 0.373. The van der Waals surface area contributed by atoms with Crippen LogP contribution in [-0.2, 0) is 0 Å². The summed E-state index contributed by atoms with van der Waals surface area (Å²) in [5.74, 6) is -1.10. The van der Waals surface area contributed by atoms with Gasteiger partial charge in [0.2, 0.25) is 0 Å². The monoisotopic (exact) mass is 275 g/mol. The van der Waals surface area contributed by atoms with E-state index in [-0.39, 0.29) is 17.0 Å². The smallest absolute Gasteiger partial charge is 0.343 e. The summed E-state index contributed by atoms with van der Waals surface area (Å²) in [6.45, 7) is 1.54. The Morgan fingerprint density at radius 2 is 2.00 bits per heavy atom. The van der Waals surface area contributed by atoms with Gasteiger partial charge in [-0.15, -0.1) is 0 Å². The fourth-order valence-electron chi connectivity index (χ4n) is 1.68. The van der Waals surface area contributed by atoms with E-state index in [2.05, 4.69) is 0 Å². The SMILES string of the molecule is Cc1cc(OC(=O)c2cccc(F)c2)ccc1[N+](=O)[O-]. The van der Waals surface area contributed by atoms with Crippen molar-refractivity contribution in [2.75, 3.05) is 0 Å². The van der Waals surface area contributed by atoms with E-state index in [1.165, 1.54) is 43.3 Å². The van der Waals surface area contributed by atoms with Crippen molar-refractivity contribution in [1.82, 2.24) is 0 Å². The molecular formula is C14H10FNO4. The molecule has 0 amide bonds. The molecule has 0 spiro atoms. The molecule has 0 fully saturated rings. The van der Waals surface area contributed by atoms with E-state index >= 15 is 0 Å². The van der Waals surface area contributed by atoms with Gasteiger partial charge < -0.3 is 4.74 Å². The molecule has 0 N–H and O–H groups in total. The number of benzene rings is 2. The molecule has 0 aromatic heterocycles. The van der Waals surface area contributed by atoms with Gasteiger partial charge in [-0.05, 0) is 37.3 Å². The van der Waals surface area contributed by atoms with Gasteiger partial charge in [0, 0.05) is 11.6 Å². The van der Waals surface area contributed by atoms with Crippen LogP contribution in [0.2, 0.25) is 0 Å². The molecule has 0 aliphatic carbocycles. The Labute approximate surface area is 113 Å². The molecule has 6 heteroatoms. The largest absolute Gasteiger partial charge is 0.423 e. The molecule has 0 saturated carbocycles. The van der Waals surface area contributed by atoms with Crippen molar-refractivity contribution in [2.45, 2.75) is 6.92 Å². The fourth-order valence-corrected chi connectivity index (χ4v) is 1.68. The van der Waals surface area contributed by atoms with Crippen LogP contribution < -0.4 is 4.74 Å². The third-order valence-electron chi connectivity index (χ3n) is 2.64. The van der Waals surface area contributed by atoms with Crippen LogP contribution in [0.4, 0.5) is 10.1 Å². The van der Waals surface area contributed by atoms with E-state index in [0.29, 0.717) is 5.56 Å². The lowest BCUT2D eigenvalue weighted by Gasteiger charge is -2.05. The van der Waals surface area contributed by atoms with Gasteiger partial charge in [0.1, 0.15) is 11.6 Å². The number of halogens is 1. The van der Waals surface area contributed by atoms with Crippen molar-refractivity contribution in [3.63, 3.8) is 0 Å². The van der Waals surface area contributed by atoms with Crippen molar-refractivity contribution in [2.24, 2.45) is 0 Å². The first-order valence-electron chi connectivity index (χ1n) is 5.70. The topological polar surface area (TPSA) is 69.4 Å². The lowest BCUT2D eigenvalue weighted by molar-refractivity contribution is -0.385. The Kier molecular flexibility index (Phi) is 3.74. The number of carbonyl (C=O) groups is 1. The number of rotatable bonds is 3. The van der Waals surface area contributed by atoms with E-state index in [0.717, 1.165) is 6.07 Å². The summed E-state index contributed by atoms with van der Waals surface area (Å²) in [6.07, 6.45) is 0. The normalized spacial score (nSPS) is 10.1. The zero-order chi connectivity index (χ0) is 14.7. The van der Waals surface area contributed by atoms with Crippen LogP contribution in [-0.4, -0.2) is 10.9 Å². The van der Waals surface area contributed by atoms with Crippen LogP contribution in [0.15, 0.2) is 42.5 Å². The van der Waals surface area contributed by atoms with Crippen molar-refractivity contribution in [3.8, 4) is 5.75 Å². The van der Waals surface area contributed by atoms with Gasteiger partial charge in [0.05, 0.1) is 10.5 Å². The zero-order valence-corrected chi connectivity index (χ0v) is 10.5. The highest BCUT2D eigenvalue weighted by Crippen LogP contribution is 2.23. The van der Waals surface area contributed by atoms with Gasteiger partial charge in [-0.3, -0.25) is 10.1 Å². The summed E-state index contributed by atoms with van der Waals surface area (Å²) in [5, 5.41) is 10.7. The van der Waals surface area contributed by atoms with Crippen molar-refractivity contribution in [1.29, 1.82) is 0 Å². The van der Waals surface area contributed by atoms with E-state index < -0.39 is 16.7 Å². The highest BCUT2D eigenvalue weighted by Gasteiger charge is 2.14. The number of ether oxygens (including phenoxy) is 1. The second kappa shape index (κ2) is 5.48. The molecule has 20 heavy (non-hydrogen) atoms. The summed E-state index contributed by atoms with van der Waals surface area (Å²) < 4.78 is 18.0. The van der Waals surface area contributed by atoms with Crippen molar-refractivity contribution < 1.29 is 18.8 Å². The van der Waals surface area contributed by atoms with Gasteiger partial charge in [0.15, 0.2) is 0 Å². The van der Waals surface area contributed by atoms with Gasteiger partial charge in [-0.25, -0.2) is 9.18 Å². The second-order valence-electron chi connectivity index (χ2n) is 4.11. The molecule has 0 aliphatic rings. The van der Waals surface area contributed by atoms with Gasteiger partial charge in [-0.2, -0.15) is 0 Å². The second-order valence-corrected chi connectivity index (χ2v) is 4.11. The summed E-state index contributed by atoms with van der Waals surface area (Å²) in [4.78, 5) is 21.9. The first kappa shape index (κ1) is 13.7. The molecule has 2 aromatic carbocycles. The lowest BCUT2D eigenvalue weighted by Crippen LogP contribution is -2.09. The van der Waals surface area contributed by atoms with Crippen LogP contribution in [0.3, 0.4) is 0 Å². The standard InChI is InChI=1S/C14H10FNO4/c1-9-7-12(5-6-13(9)16(18)19)20-14(17)10-3-2-4-11(15)8-10/h2-8H,1H3. The van der Waals surface area contributed by atoms with E-state index in [9.17, 15) is 19.3 Å². The Hall–Kier alpha value is -2.76. The predicted octanol–water partition coefficient (Wildman–Crippen LogP) is 3.26. The molecule has 0 bridgehead atoms. The van der Waals surface area contributed by atoms with Crippen LogP contribution in [0.25, 0.3) is 0 Å².